The number of pyridine rings is 2. The Bertz CT molecular complexity index is 1240. The number of rotatable bonds is 15. The summed E-state index contributed by atoms with van der Waals surface area (Å²) < 4.78 is 15.5. The van der Waals surface area contributed by atoms with Crippen LogP contribution in [-0.2, 0) is 38.4 Å². The molecule has 2 heterocycles. The number of carboxylic acids is 2. The number of hydrogen-bond acceptors (Lipinski definition) is 12. The van der Waals surface area contributed by atoms with Crippen molar-refractivity contribution >= 4 is 19.8 Å². The normalized spacial score (nSPS) is 12.7. The van der Waals surface area contributed by atoms with E-state index in [1.807, 2.05) is 0 Å². The van der Waals surface area contributed by atoms with Crippen molar-refractivity contribution in [2.24, 2.45) is 0 Å². The number of aliphatic carboxylic acids is 2. The number of phosphoric ester groups is 1. The van der Waals surface area contributed by atoms with Crippen molar-refractivity contribution in [3.63, 3.8) is 0 Å². The van der Waals surface area contributed by atoms with E-state index in [9.17, 15) is 44.8 Å². The summed E-state index contributed by atoms with van der Waals surface area (Å²) in [6.45, 7) is 0.716. The maximum absolute atomic E-state index is 11.6. The van der Waals surface area contributed by atoms with Gasteiger partial charge in [0, 0.05) is 60.8 Å². The Labute approximate surface area is 222 Å². The highest BCUT2D eigenvalue weighted by atomic mass is 31.2. The van der Waals surface area contributed by atoms with E-state index < -0.39 is 51.5 Å². The van der Waals surface area contributed by atoms with E-state index in [1.165, 1.54) is 29.8 Å². The first-order valence-electron chi connectivity index (χ1n) is 11.4. The van der Waals surface area contributed by atoms with Gasteiger partial charge < -0.3 is 40.4 Å². The third-order valence-corrected chi connectivity index (χ3v) is 6.17. The average molecular weight is 574 g/mol. The summed E-state index contributed by atoms with van der Waals surface area (Å²) in [5, 5.41) is 59.7. The molecule has 0 fully saturated rings. The number of aromatic nitrogens is 2. The molecule has 216 valence electrons. The zero-order valence-corrected chi connectivity index (χ0v) is 22.0. The molecule has 1 unspecified atom stereocenters. The van der Waals surface area contributed by atoms with E-state index in [0.717, 1.165) is 6.20 Å². The smallest absolute Gasteiger partial charge is 0.472 e. The molecule has 2 rings (SSSR count). The van der Waals surface area contributed by atoms with Crippen LogP contribution >= 0.6 is 7.82 Å². The van der Waals surface area contributed by atoms with Crippen molar-refractivity contribution < 1.29 is 59.1 Å². The summed E-state index contributed by atoms with van der Waals surface area (Å²) in [7, 11) is -5.15. The maximum atomic E-state index is 11.6. The molecule has 0 saturated heterocycles. The van der Waals surface area contributed by atoms with Crippen molar-refractivity contribution in [2.75, 3.05) is 26.2 Å². The number of aliphatic hydroxyl groups excluding tert-OH is 2. The number of nitrogens with zero attached hydrogens (tertiary/aromatic N) is 4. The molecule has 16 nitrogen and oxygen atoms in total. The Morgan fingerprint density at radius 3 is 1.85 bits per heavy atom. The first kappa shape index (κ1) is 32.0. The number of phosphoric acid groups is 1. The molecule has 0 radical (unpaired) electrons. The zero-order chi connectivity index (χ0) is 29.5. The fourth-order valence-electron chi connectivity index (χ4n) is 3.76. The summed E-state index contributed by atoms with van der Waals surface area (Å²) in [6, 6.07) is 0. The lowest BCUT2D eigenvalue weighted by Crippen LogP contribution is -2.39. The van der Waals surface area contributed by atoms with Crippen LogP contribution in [0.1, 0.15) is 39.9 Å². The van der Waals surface area contributed by atoms with Gasteiger partial charge in [-0.3, -0.25) is 33.9 Å². The Morgan fingerprint density at radius 1 is 0.923 bits per heavy atom. The summed E-state index contributed by atoms with van der Waals surface area (Å²) in [5.74, 6) is -3.18. The van der Waals surface area contributed by atoms with Gasteiger partial charge in [0.15, 0.2) is 6.29 Å². The molecule has 0 aliphatic rings. The van der Waals surface area contributed by atoms with E-state index in [-0.39, 0.29) is 65.6 Å². The number of carboxylic acid groups (broad SMARTS) is 2. The molecule has 1 atom stereocenters. The molecular weight excluding hydrogens is 543 g/mol. The van der Waals surface area contributed by atoms with Crippen LogP contribution in [0.25, 0.3) is 0 Å². The number of carbonyl (C=O) groups is 2. The molecule has 0 spiro atoms. The number of hydrogen-bond donors (Lipinski definition) is 8. The van der Waals surface area contributed by atoms with Crippen molar-refractivity contribution in [1.82, 2.24) is 19.8 Å². The highest BCUT2D eigenvalue weighted by Crippen LogP contribution is 2.43. The zero-order valence-electron chi connectivity index (χ0n) is 21.1. The fraction of sp³-hybridized carbons (Fsp3) is 0.455. The van der Waals surface area contributed by atoms with Crippen LogP contribution in [0, 0.1) is 13.8 Å². The van der Waals surface area contributed by atoms with E-state index in [1.54, 1.807) is 0 Å². The summed E-state index contributed by atoms with van der Waals surface area (Å²) >= 11 is 0. The lowest BCUT2D eigenvalue weighted by Gasteiger charge is -2.28. The summed E-state index contributed by atoms with van der Waals surface area (Å²) in [5.41, 5.74) is 0.440. The molecule has 2 aromatic rings. The largest absolute Gasteiger partial charge is 0.506 e. The monoisotopic (exact) mass is 574 g/mol. The molecule has 17 heteroatoms. The second kappa shape index (κ2) is 13.7. The Morgan fingerprint density at radius 2 is 1.38 bits per heavy atom. The van der Waals surface area contributed by atoms with Crippen LogP contribution in [0.5, 0.6) is 11.5 Å². The van der Waals surface area contributed by atoms with E-state index in [2.05, 4.69) is 14.5 Å². The average Bonchev–Trinajstić information content (AvgIpc) is 2.81. The third-order valence-electron chi connectivity index (χ3n) is 5.69. The lowest BCUT2D eigenvalue weighted by atomic mass is 10.1. The minimum atomic E-state index is -5.15. The van der Waals surface area contributed by atoms with Gasteiger partial charge in [-0.25, -0.2) is 4.57 Å². The molecule has 39 heavy (non-hydrogen) atoms. The van der Waals surface area contributed by atoms with Crippen molar-refractivity contribution in [3.8, 4) is 11.5 Å². The summed E-state index contributed by atoms with van der Waals surface area (Å²) in [6.07, 6.45) is 0.164. The van der Waals surface area contributed by atoms with Crippen molar-refractivity contribution in [1.29, 1.82) is 0 Å². The number of aryl methyl sites for hydroxylation is 2. The Hall–Kier alpha value is -3.21. The summed E-state index contributed by atoms with van der Waals surface area (Å²) in [4.78, 5) is 51.6. The number of aliphatic hydroxyl groups is 2. The van der Waals surface area contributed by atoms with Crippen LogP contribution in [0.15, 0.2) is 12.4 Å². The molecule has 0 saturated carbocycles. The lowest BCUT2D eigenvalue weighted by molar-refractivity contribution is -0.140. The van der Waals surface area contributed by atoms with E-state index in [4.69, 9.17) is 9.79 Å². The first-order chi connectivity index (χ1) is 18.1. The molecular formula is C22H31N4O12P. The highest BCUT2D eigenvalue weighted by molar-refractivity contribution is 7.46. The van der Waals surface area contributed by atoms with Gasteiger partial charge in [0.1, 0.15) is 11.5 Å². The molecule has 0 aromatic carbocycles. The Balaban J connectivity index is 2.36. The SMILES string of the molecule is Cc1ncc(CO)c(CN(CCN(CC(=O)O)Cc2c(C(O)OP(=O)(O)O)cnc(C)c2O)CC(=O)O)c1O. The van der Waals surface area contributed by atoms with Gasteiger partial charge >= 0.3 is 19.8 Å². The van der Waals surface area contributed by atoms with E-state index in [0.29, 0.717) is 0 Å². The van der Waals surface area contributed by atoms with Crippen LogP contribution in [-0.4, -0.2) is 98.3 Å². The predicted octanol–water partition coefficient (Wildman–Crippen LogP) is -0.429. The van der Waals surface area contributed by atoms with Gasteiger partial charge in [-0.15, -0.1) is 0 Å². The molecule has 0 aliphatic heterocycles. The first-order valence-corrected chi connectivity index (χ1v) is 12.9. The molecule has 2 aromatic heterocycles. The van der Waals surface area contributed by atoms with E-state index >= 15 is 0 Å². The predicted molar refractivity (Wildman–Crippen MR) is 131 cm³/mol. The van der Waals surface area contributed by atoms with Crippen molar-refractivity contribution in [3.05, 3.63) is 46.0 Å². The van der Waals surface area contributed by atoms with Crippen LogP contribution in [0.3, 0.4) is 0 Å². The minimum Gasteiger partial charge on any atom is -0.506 e. The maximum Gasteiger partial charge on any atom is 0.472 e. The van der Waals surface area contributed by atoms with Gasteiger partial charge in [-0.2, -0.15) is 0 Å². The van der Waals surface area contributed by atoms with Gasteiger partial charge in [0.2, 0.25) is 0 Å². The molecule has 0 aliphatic carbocycles. The van der Waals surface area contributed by atoms with Crippen molar-refractivity contribution in [2.45, 2.75) is 39.8 Å². The number of aromatic hydroxyl groups is 2. The highest BCUT2D eigenvalue weighted by Gasteiger charge is 2.27. The minimum absolute atomic E-state index is 0.0625. The molecule has 8 N–H and O–H groups in total. The third kappa shape index (κ3) is 9.49. The quantitative estimate of drug-likeness (QED) is 0.0991. The van der Waals surface area contributed by atoms with Gasteiger partial charge in [0.25, 0.3) is 0 Å². The standard InChI is InChI=1S/C22H31N4O12P/c1-12-20(32)16(14(11-27)5-23-12)7-25(9-18(28)29)3-4-26(10-19(30)31)8-17-15(6-24-13(2)21(17)33)22(34)38-39(35,36)37/h5-6,22,27,32-34H,3-4,7-11H2,1-2H3,(H,28,29)(H,30,31)(H2,35,36,37). The van der Waals surface area contributed by atoms with Crippen LogP contribution in [0.4, 0.5) is 0 Å². The topological polar surface area (TPSA) is 255 Å². The second-order valence-electron chi connectivity index (χ2n) is 8.64. The Kier molecular flexibility index (Phi) is 11.3. The molecule has 0 amide bonds. The van der Waals surface area contributed by atoms with Gasteiger partial charge in [-0.05, 0) is 13.8 Å². The second-order valence-corrected chi connectivity index (χ2v) is 9.83. The fourth-order valence-corrected chi connectivity index (χ4v) is 4.14. The van der Waals surface area contributed by atoms with Crippen LogP contribution in [0.2, 0.25) is 0 Å². The molecule has 0 bridgehead atoms. The van der Waals surface area contributed by atoms with Crippen LogP contribution < -0.4 is 0 Å². The van der Waals surface area contributed by atoms with Gasteiger partial charge in [0.05, 0.1) is 31.1 Å². The van der Waals surface area contributed by atoms with Gasteiger partial charge in [-0.1, -0.05) is 0 Å².